The normalized spacial score (nSPS) is 29.3. The lowest BCUT2D eigenvalue weighted by atomic mass is 10.2. The fourth-order valence-electron chi connectivity index (χ4n) is 2.53. The molecule has 2 unspecified atom stereocenters. The molecule has 2 N–H and O–H groups in total. The molecule has 0 radical (unpaired) electrons. The van der Waals surface area contributed by atoms with E-state index in [4.69, 9.17) is 10.5 Å². The van der Waals surface area contributed by atoms with Gasteiger partial charge in [-0.25, -0.2) is 0 Å². The number of likely N-dealkylation sites (N-methyl/N-ethyl adjacent to an activating group) is 1. The molecule has 5 heteroatoms. The molecule has 0 aromatic carbocycles. The highest BCUT2D eigenvalue weighted by molar-refractivity contribution is 5.79. The molecular weight excluding hydrogens is 230 g/mol. The largest absolute Gasteiger partial charge is 0.374 e. The van der Waals surface area contributed by atoms with Crippen LogP contribution in [0.4, 0.5) is 0 Å². The van der Waals surface area contributed by atoms with Crippen molar-refractivity contribution in [1.29, 1.82) is 0 Å². The van der Waals surface area contributed by atoms with E-state index in [1.54, 1.807) is 0 Å². The molecule has 1 saturated carbocycles. The zero-order valence-corrected chi connectivity index (χ0v) is 11.5. The van der Waals surface area contributed by atoms with Crippen LogP contribution in [-0.4, -0.2) is 66.7 Å². The van der Waals surface area contributed by atoms with E-state index in [0.717, 1.165) is 13.1 Å². The minimum absolute atomic E-state index is 0.0741. The zero-order valence-electron chi connectivity index (χ0n) is 11.5. The van der Waals surface area contributed by atoms with Crippen LogP contribution in [0.1, 0.15) is 26.7 Å². The summed E-state index contributed by atoms with van der Waals surface area (Å²) in [6.07, 6.45) is 2.41. The first-order valence-electron chi connectivity index (χ1n) is 7.00. The average Bonchev–Trinajstić information content (AvgIpc) is 3.17. The molecule has 1 heterocycles. The monoisotopic (exact) mass is 255 g/mol. The Morgan fingerprint density at radius 3 is 2.78 bits per heavy atom. The van der Waals surface area contributed by atoms with Gasteiger partial charge in [0.25, 0.3) is 0 Å². The van der Waals surface area contributed by atoms with Gasteiger partial charge in [0.1, 0.15) is 0 Å². The summed E-state index contributed by atoms with van der Waals surface area (Å²) >= 11 is 0. The van der Waals surface area contributed by atoms with Gasteiger partial charge in [-0.2, -0.15) is 0 Å². The van der Waals surface area contributed by atoms with E-state index in [1.807, 2.05) is 4.90 Å². The number of morpholine rings is 1. The van der Waals surface area contributed by atoms with Crippen LogP contribution >= 0.6 is 0 Å². The van der Waals surface area contributed by atoms with Crippen LogP contribution in [0.3, 0.4) is 0 Å². The molecule has 2 atom stereocenters. The first-order valence-corrected chi connectivity index (χ1v) is 7.00. The molecule has 1 amide bonds. The van der Waals surface area contributed by atoms with Gasteiger partial charge in [-0.1, -0.05) is 0 Å². The van der Waals surface area contributed by atoms with Crippen LogP contribution in [-0.2, 0) is 9.53 Å². The Morgan fingerprint density at radius 2 is 2.22 bits per heavy atom. The number of nitrogens with two attached hydrogens (primary N) is 1. The Bertz CT molecular complexity index is 294. The maximum atomic E-state index is 12.3. The molecule has 2 fully saturated rings. The molecular formula is C13H25N3O2. The zero-order chi connectivity index (χ0) is 13.1. The fraction of sp³-hybridized carbons (Fsp3) is 0.923. The minimum atomic E-state index is 0.0741. The molecule has 5 nitrogen and oxygen atoms in total. The van der Waals surface area contributed by atoms with E-state index >= 15 is 0 Å². The standard InChI is InChI=1S/C13H25N3O2/c1-3-16(11-4-5-11)13(17)8-15-7-12(6-14)18-9-10(15)2/h10-12H,3-9,14H2,1-2H3. The Labute approximate surface area is 109 Å². The summed E-state index contributed by atoms with van der Waals surface area (Å²) in [5.74, 6) is 0.254. The molecule has 0 aromatic heterocycles. The smallest absolute Gasteiger partial charge is 0.236 e. The van der Waals surface area contributed by atoms with Crippen LogP contribution in [0.2, 0.25) is 0 Å². The van der Waals surface area contributed by atoms with E-state index in [2.05, 4.69) is 18.7 Å². The first kappa shape index (κ1) is 13.8. The Morgan fingerprint density at radius 1 is 1.50 bits per heavy atom. The van der Waals surface area contributed by atoms with Gasteiger partial charge in [-0.3, -0.25) is 9.69 Å². The van der Waals surface area contributed by atoms with Gasteiger partial charge >= 0.3 is 0 Å². The molecule has 2 rings (SSSR count). The summed E-state index contributed by atoms with van der Waals surface area (Å²) in [5, 5.41) is 0. The predicted octanol–water partition coefficient (Wildman–Crippen LogP) is 0.0453. The van der Waals surface area contributed by atoms with Crippen molar-refractivity contribution in [3.63, 3.8) is 0 Å². The van der Waals surface area contributed by atoms with Crippen molar-refractivity contribution < 1.29 is 9.53 Å². The van der Waals surface area contributed by atoms with E-state index in [9.17, 15) is 4.79 Å². The second-order valence-corrected chi connectivity index (χ2v) is 5.38. The summed E-state index contributed by atoms with van der Waals surface area (Å²) in [6.45, 7) is 7.46. The van der Waals surface area contributed by atoms with Crippen LogP contribution in [0.5, 0.6) is 0 Å². The highest BCUT2D eigenvalue weighted by atomic mass is 16.5. The van der Waals surface area contributed by atoms with E-state index in [0.29, 0.717) is 31.8 Å². The van der Waals surface area contributed by atoms with Crippen molar-refractivity contribution in [3.8, 4) is 0 Å². The topological polar surface area (TPSA) is 58.8 Å². The molecule has 0 spiro atoms. The van der Waals surface area contributed by atoms with Crippen molar-refractivity contribution in [3.05, 3.63) is 0 Å². The van der Waals surface area contributed by atoms with Gasteiger partial charge in [0.15, 0.2) is 0 Å². The van der Waals surface area contributed by atoms with Crippen molar-refractivity contribution >= 4 is 5.91 Å². The molecule has 104 valence electrons. The van der Waals surface area contributed by atoms with Crippen molar-refractivity contribution in [2.75, 3.05) is 32.8 Å². The minimum Gasteiger partial charge on any atom is -0.374 e. The second-order valence-electron chi connectivity index (χ2n) is 5.38. The van der Waals surface area contributed by atoms with Gasteiger partial charge < -0.3 is 15.4 Å². The molecule has 18 heavy (non-hydrogen) atoms. The van der Waals surface area contributed by atoms with Gasteiger partial charge in [0, 0.05) is 31.7 Å². The number of hydrogen-bond acceptors (Lipinski definition) is 4. The number of amides is 1. The number of ether oxygens (including phenoxy) is 1. The van der Waals surface area contributed by atoms with Crippen molar-refractivity contribution in [2.45, 2.75) is 44.9 Å². The third kappa shape index (κ3) is 3.22. The Balaban J connectivity index is 1.88. The summed E-state index contributed by atoms with van der Waals surface area (Å²) in [6, 6.07) is 0.804. The van der Waals surface area contributed by atoms with Crippen LogP contribution in [0.25, 0.3) is 0 Å². The fourth-order valence-corrected chi connectivity index (χ4v) is 2.53. The molecule has 1 aliphatic carbocycles. The lowest BCUT2D eigenvalue weighted by molar-refractivity contribution is -0.136. The second kappa shape index (κ2) is 5.99. The number of hydrogen-bond donors (Lipinski definition) is 1. The lowest BCUT2D eigenvalue weighted by Gasteiger charge is -2.38. The molecule has 0 aromatic rings. The molecule has 2 aliphatic rings. The van der Waals surface area contributed by atoms with E-state index in [-0.39, 0.29) is 12.0 Å². The Kier molecular flexibility index (Phi) is 4.59. The number of carbonyl (C=O) groups is 1. The summed E-state index contributed by atoms with van der Waals surface area (Å²) in [7, 11) is 0. The third-order valence-electron chi connectivity index (χ3n) is 3.88. The highest BCUT2D eigenvalue weighted by Gasteiger charge is 2.33. The number of nitrogens with zero attached hydrogens (tertiary/aromatic N) is 2. The van der Waals surface area contributed by atoms with Gasteiger partial charge in [-0.15, -0.1) is 0 Å². The molecule has 1 saturated heterocycles. The first-order chi connectivity index (χ1) is 8.65. The maximum Gasteiger partial charge on any atom is 0.236 e. The van der Waals surface area contributed by atoms with E-state index < -0.39 is 0 Å². The molecule has 1 aliphatic heterocycles. The number of rotatable bonds is 5. The van der Waals surface area contributed by atoms with Crippen molar-refractivity contribution in [1.82, 2.24) is 9.80 Å². The van der Waals surface area contributed by atoms with E-state index in [1.165, 1.54) is 12.8 Å². The SMILES string of the molecule is CCN(C(=O)CN1CC(CN)OCC1C)C1CC1. The summed E-state index contributed by atoms with van der Waals surface area (Å²) in [5.41, 5.74) is 5.64. The van der Waals surface area contributed by atoms with Crippen LogP contribution in [0.15, 0.2) is 0 Å². The quantitative estimate of drug-likeness (QED) is 0.754. The van der Waals surface area contributed by atoms with Crippen molar-refractivity contribution in [2.24, 2.45) is 5.73 Å². The predicted molar refractivity (Wildman–Crippen MR) is 70.2 cm³/mol. The molecule has 0 bridgehead atoms. The average molecular weight is 255 g/mol. The number of carbonyl (C=O) groups excluding carboxylic acids is 1. The third-order valence-corrected chi connectivity index (χ3v) is 3.88. The van der Waals surface area contributed by atoms with Crippen LogP contribution < -0.4 is 5.73 Å². The summed E-state index contributed by atoms with van der Waals surface area (Å²) < 4.78 is 5.61. The van der Waals surface area contributed by atoms with Crippen LogP contribution in [0, 0.1) is 0 Å². The summed E-state index contributed by atoms with van der Waals surface area (Å²) in [4.78, 5) is 16.5. The highest BCUT2D eigenvalue weighted by Crippen LogP contribution is 2.26. The lowest BCUT2D eigenvalue weighted by Crippen LogP contribution is -2.54. The van der Waals surface area contributed by atoms with Gasteiger partial charge in [-0.05, 0) is 26.7 Å². The van der Waals surface area contributed by atoms with Gasteiger partial charge in [0.2, 0.25) is 5.91 Å². The van der Waals surface area contributed by atoms with Gasteiger partial charge in [0.05, 0.1) is 19.3 Å². The Hall–Kier alpha value is -0.650. The maximum absolute atomic E-state index is 12.3.